The Bertz CT molecular complexity index is 1630. The van der Waals surface area contributed by atoms with Gasteiger partial charge in [-0.05, 0) is 75.9 Å². The summed E-state index contributed by atoms with van der Waals surface area (Å²) < 4.78 is 10.1. The van der Waals surface area contributed by atoms with Crippen molar-refractivity contribution in [2.75, 3.05) is 25.7 Å². The highest BCUT2D eigenvalue weighted by molar-refractivity contribution is 6.15. The van der Waals surface area contributed by atoms with Crippen molar-refractivity contribution in [1.82, 2.24) is 4.98 Å². The van der Waals surface area contributed by atoms with E-state index < -0.39 is 11.9 Å². The van der Waals surface area contributed by atoms with Crippen LogP contribution < -0.4 is 4.90 Å². The van der Waals surface area contributed by atoms with Crippen molar-refractivity contribution >= 4 is 39.8 Å². The summed E-state index contributed by atoms with van der Waals surface area (Å²) in [6, 6.07) is 16.6. The Balaban J connectivity index is 1.82. The van der Waals surface area contributed by atoms with E-state index in [9.17, 15) is 19.8 Å². The number of hydrogen-bond acceptors (Lipinski definition) is 8. The molecule has 0 atom stereocenters. The van der Waals surface area contributed by atoms with Crippen molar-refractivity contribution in [2.45, 2.75) is 19.6 Å². The van der Waals surface area contributed by atoms with Crippen LogP contribution in [0.2, 0.25) is 0 Å². The van der Waals surface area contributed by atoms with Gasteiger partial charge in [-0.3, -0.25) is 0 Å². The number of rotatable bonds is 6. The molecule has 1 aliphatic rings. The predicted octanol–water partition coefficient (Wildman–Crippen LogP) is 5.01. The minimum atomic E-state index is -0.706. The highest BCUT2D eigenvalue weighted by Gasteiger charge is 2.28. The van der Waals surface area contributed by atoms with Gasteiger partial charge in [0.05, 0.1) is 38.6 Å². The molecular weight excluding hydrogens is 496 g/mol. The van der Waals surface area contributed by atoms with Gasteiger partial charge < -0.3 is 24.6 Å². The largest absolute Gasteiger partial charge is 0.465 e. The van der Waals surface area contributed by atoms with Crippen molar-refractivity contribution in [1.29, 1.82) is 0 Å². The zero-order valence-electron chi connectivity index (χ0n) is 21.7. The van der Waals surface area contributed by atoms with E-state index in [1.54, 1.807) is 30.5 Å². The lowest BCUT2D eigenvalue weighted by molar-refractivity contribution is 0.0556. The SMILES string of the molecule is C=C1CCN(c2cc(-c3c(C(=O)OC)c(C(=O)OC)cc4cc(CO)c(CO)cc34)ccn2)c2ccccc21. The summed E-state index contributed by atoms with van der Waals surface area (Å²) in [6.45, 7) is 4.27. The third-order valence-electron chi connectivity index (χ3n) is 7.12. The standard InChI is InChI=1S/C31H28N2O6/c1-18-9-11-33(26-7-5-4-6-23(18)26)27-15-19(8-10-32-27)28-24-14-22(17-35)21(16-34)12-20(24)13-25(30(36)38-2)29(28)31(37)39-3/h4-8,10,12-15,34-35H,1,9,11,16-17H2,2-3H3. The average molecular weight is 525 g/mol. The molecule has 1 aliphatic heterocycles. The van der Waals surface area contributed by atoms with Gasteiger partial charge in [-0.25, -0.2) is 14.6 Å². The fraction of sp³-hybridized carbons (Fsp3) is 0.194. The quantitative estimate of drug-likeness (QED) is 0.339. The molecule has 0 bridgehead atoms. The molecule has 0 aliphatic carbocycles. The second kappa shape index (κ2) is 10.7. The van der Waals surface area contributed by atoms with E-state index in [0.717, 1.165) is 23.2 Å². The number of para-hydroxylation sites is 1. The van der Waals surface area contributed by atoms with E-state index in [0.29, 0.717) is 45.4 Å². The molecule has 8 heteroatoms. The first-order valence-corrected chi connectivity index (χ1v) is 12.4. The van der Waals surface area contributed by atoms with Gasteiger partial charge in [-0.2, -0.15) is 0 Å². The van der Waals surface area contributed by atoms with Crippen LogP contribution in [0.3, 0.4) is 0 Å². The molecule has 0 radical (unpaired) electrons. The third-order valence-corrected chi connectivity index (χ3v) is 7.12. The maximum absolute atomic E-state index is 13.2. The summed E-state index contributed by atoms with van der Waals surface area (Å²) in [5, 5.41) is 21.1. The molecule has 4 aromatic rings. The Morgan fingerprint density at radius 3 is 2.41 bits per heavy atom. The van der Waals surface area contributed by atoms with Crippen molar-refractivity contribution in [3.8, 4) is 11.1 Å². The number of methoxy groups -OCH3 is 2. The maximum atomic E-state index is 13.2. The van der Waals surface area contributed by atoms with Gasteiger partial charge in [-0.1, -0.05) is 24.8 Å². The summed E-state index contributed by atoms with van der Waals surface area (Å²) >= 11 is 0. The van der Waals surface area contributed by atoms with Crippen LogP contribution in [0.15, 0.2) is 67.4 Å². The molecular formula is C31H28N2O6. The summed E-state index contributed by atoms with van der Waals surface area (Å²) in [5.74, 6) is -0.746. The number of ether oxygens (including phenoxy) is 2. The topological polar surface area (TPSA) is 109 Å². The Kier molecular flexibility index (Phi) is 7.15. The fourth-order valence-corrected chi connectivity index (χ4v) is 5.19. The summed E-state index contributed by atoms with van der Waals surface area (Å²) in [4.78, 5) is 32.8. The molecule has 0 unspecified atom stereocenters. The molecule has 0 saturated carbocycles. The van der Waals surface area contributed by atoms with E-state index in [2.05, 4.69) is 16.5 Å². The Labute approximate surface area is 225 Å². The molecule has 3 aromatic carbocycles. The van der Waals surface area contributed by atoms with Gasteiger partial charge >= 0.3 is 11.9 Å². The molecule has 0 spiro atoms. The number of aromatic nitrogens is 1. The van der Waals surface area contributed by atoms with E-state index >= 15 is 0 Å². The second-order valence-electron chi connectivity index (χ2n) is 9.24. The van der Waals surface area contributed by atoms with E-state index in [-0.39, 0.29) is 24.3 Å². The zero-order valence-corrected chi connectivity index (χ0v) is 21.7. The first kappa shape index (κ1) is 26.1. The Morgan fingerprint density at radius 2 is 1.69 bits per heavy atom. The molecule has 0 fully saturated rings. The molecule has 0 amide bonds. The molecule has 198 valence electrons. The van der Waals surface area contributed by atoms with Crippen LogP contribution in [0.25, 0.3) is 27.5 Å². The number of hydrogen-bond donors (Lipinski definition) is 2. The van der Waals surface area contributed by atoms with Gasteiger partial charge in [-0.15, -0.1) is 0 Å². The van der Waals surface area contributed by atoms with Gasteiger partial charge in [0.1, 0.15) is 5.82 Å². The van der Waals surface area contributed by atoms with Crippen LogP contribution in [0.4, 0.5) is 11.5 Å². The van der Waals surface area contributed by atoms with Gasteiger partial charge in [0.2, 0.25) is 0 Å². The van der Waals surface area contributed by atoms with Crippen LogP contribution in [-0.4, -0.2) is 47.9 Å². The van der Waals surface area contributed by atoms with Crippen molar-refractivity contribution in [3.63, 3.8) is 0 Å². The van der Waals surface area contributed by atoms with E-state index in [4.69, 9.17) is 9.47 Å². The highest BCUT2D eigenvalue weighted by Crippen LogP contribution is 2.41. The number of pyridine rings is 1. The number of aliphatic hydroxyl groups excluding tert-OH is 2. The number of carbonyl (C=O) groups is 2. The first-order valence-electron chi connectivity index (χ1n) is 12.4. The van der Waals surface area contributed by atoms with Gasteiger partial charge in [0.15, 0.2) is 0 Å². The van der Waals surface area contributed by atoms with E-state index in [1.165, 1.54) is 14.2 Å². The molecule has 2 heterocycles. The molecule has 1 aromatic heterocycles. The number of anilines is 2. The zero-order chi connectivity index (χ0) is 27.7. The van der Waals surface area contributed by atoms with Crippen LogP contribution in [-0.2, 0) is 22.7 Å². The fourth-order valence-electron chi connectivity index (χ4n) is 5.19. The average Bonchev–Trinajstić information content (AvgIpc) is 2.98. The minimum Gasteiger partial charge on any atom is -0.465 e. The van der Waals surface area contributed by atoms with Gasteiger partial charge in [0, 0.05) is 29.6 Å². The summed E-state index contributed by atoms with van der Waals surface area (Å²) in [5.41, 5.74) is 5.25. The monoisotopic (exact) mass is 524 g/mol. The third kappa shape index (κ3) is 4.54. The Hall–Kier alpha value is -4.53. The van der Waals surface area contributed by atoms with Crippen molar-refractivity contribution in [3.05, 3.63) is 95.2 Å². The van der Waals surface area contributed by atoms with Crippen LogP contribution >= 0.6 is 0 Å². The molecule has 0 saturated heterocycles. The normalized spacial score (nSPS) is 12.8. The lowest BCUT2D eigenvalue weighted by Crippen LogP contribution is -2.24. The summed E-state index contributed by atoms with van der Waals surface area (Å²) in [7, 11) is 2.49. The van der Waals surface area contributed by atoms with Crippen LogP contribution in [0, 0.1) is 0 Å². The number of nitrogens with zero attached hydrogens (tertiary/aromatic N) is 2. The minimum absolute atomic E-state index is 0.0328. The molecule has 2 N–H and O–H groups in total. The number of fused-ring (bicyclic) bond motifs is 2. The molecule has 39 heavy (non-hydrogen) atoms. The predicted molar refractivity (Wildman–Crippen MR) is 149 cm³/mol. The lowest BCUT2D eigenvalue weighted by atomic mass is 9.87. The van der Waals surface area contributed by atoms with Crippen LogP contribution in [0.1, 0.15) is 43.8 Å². The summed E-state index contributed by atoms with van der Waals surface area (Å²) in [6.07, 6.45) is 2.42. The highest BCUT2D eigenvalue weighted by atomic mass is 16.5. The Morgan fingerprint density at radius 1 is 0.974 bits per heavy atom. The first-order chi connectivity index (χ1) is 18.9. The number of carbonyl (C=O) groups excluding carboxylic acids is 2. The van der Waals surface area contributed by atoms with Gasteiger partial charge in [0.25, 0.3) is 0 Å². The number of esters is 2. The van der Waals surface area contributed by atoms with Crippen LogP contribution in [0.5, 0.6) is 0 Å². The van der Waals surface area contributed by atoms with Crippen molar-refractivity contribution < 1.29 is 29.3 Å². The maximum Gasteiger partial charge on any atom is 0.339 e. The molecule has 8 nitrogen and oxygen atoms in total. The second-order valence-corrected chi connectivity index (χ2v) is 9.24. The number of aliphatic hydroxyl groups is 2. The number of benzene rings is 3. The van der Waals surface area contributed by atoms with E-state index in [1.807, 2.05) is 30.3 Å². The lowest BCUT2D eigenvalue weighted by Gasteiger charge is -2.31. The smallest absolute Gasteiger partial charge is 0.339 e. The van der Waals surface area contributed by atoms with Crippen molar-refractivity contribution in [2.24, 2.45) is 0 Å². The molecule has 5 rings (SSSR count).